The van der Waals surface area contributed by atoms with Crippen LogP contribution in [0.3, 0.4) is 0 Å². The van der Waals surface area contributed by atoms with E-state index in [1.165, 1.54) is 0 Å². The van der Waals surface area contributed by atoms with Crippen LogP contribution in [-0.4, -0.2) is 41.5 Å². The number of nitrogens with two attached hydrogens (primary N) is 1. The van der Waals surface area contributed by atoms with E-state index in [-0.39, 0.29) is 18.0 Å². The topological polar surface area (TPSA) is 71.2 Å². The van der Waals surface area contributed by atoms with Crippen molar-refractivity contribution in [3.8, 4) is 0 Å². The van der Waals surface area contributed by atoms with Gasteiger partial charge in [-0.3, -0.25) is 9.69 Å². The Morgan fingerprint density at radius 1 is 1.72 bits per heavy atom. The smallest absolute Gasteiger partial charge is 0.237 e. The Bertz CT molecular complexity index is 420. The molecule has 2 atom stereocenters. The molecule has 0 aromatic carbocycles. The normalized spacial score (nSPS) is 24.4. The van der Waals surface area contributed by atoms with Crippen LogP contribution in [0.4, 0.5) is 0 Å². The van der Waals surface area contributed by atoms with Crippen molar-refractivity contribution in [2.45, 2.75) is 38.4 Å². The third-order valence-electron chi connectivity index (χ3n) is 3.26. The van der Waals surface area contributed by atoms with Crippen LogP contribution in [0, 0.1) is 0 Å². The van der Waals surface area contributed by atoms with E-state index in [4.69, 9.17) is 5.73 Å². The first-order valence-electron chi connectivity index (χ1n) is 6.27. The second kappa shape index (κ2) is 5.77. The average Bonchev–Trinajstić information content (AvgIpc) is 2.92. The number of rotatable bonds is 4. The van der Waals surface area contributed by atoms with Gasteiger partial charge >= 0.3 is 0 Å². The Kier molecular flexibility index (Phi) is 4.31. The van der Waals surface area contributed by atoms with Crippen LogP contribution >= 0.6 is 11.3 Å². The summed E-state index contributed by atoms with van der Waals surface area (Å²) in [7, 11) is 1.94. The molecule has 2 rings (SSSR count). The van der Waals surface area contributed by atoms with Crippen molar-refractivity contribution in [2.24, 2.45) is 5.73 Å². The lowest BCUT2D eigenvalue weighted by atomic mass is 10.1. The third kappa shape index (κ3) is 3.07. The molecule has 1 fully saturated rings. The van der Waals surface area contributed by atoms with Crippen molar-refractivity contribution in [1.82, 2.24) is 15.2 Å². The Hall–Kier alpha value is -0.980. The Balaban J connectivity index is 1.84. The first-order chi connectivity index (χ1) is 8.60. The monoisotopic (exact) mass is 268 g/mol. The molecular weight excluding hydrogens is 248 g/mol. The van der Waals surface area contributed by atoms with Gasteiger partial charge in [0.05, 0.1) is 18.3 Å². The summed E-state index contributed by atoms with van der Waals surface area (Å²) >= 11 is 1.60. The third-order valence-corrected chi connectivity index (χ3v) is 4.16. The van der Waals surface area contributed by atoms with Gasteiger partial charge in [-0.25, -0.2) is 4.98 Å². The van der Waals surface area contributed by atoms with Crippen molar-refractivity contribution < 1.29 is 4.79 Å². The predicted molar refractivity (Wildman–Crippen MR) is 72.3 cm³/mol. The molecule has 1 saturated heterocycles. The molecule has 0 bridgehead atoms. The largest absolute Gasteiger partial charge is 0.348 e. The fraction of sp³-hybridized carbons (Fsp3) is 0.667. The van der Waals surface area contributed by atoms with E-state index in [1.807, 2.05) is 17.3 Å². The fourth-order valence-electron chi connectivity index (χ4n) is 2.22. The number of amides is 1. The van der Waals surface area contributed by atoms with Gasteiger partial charge in [-0.1, -0.05) is 6.92 Å². The zero-order valence-electron chi connectivity index (χ0n) is 10.8. The maximum atomic E-state index is 12.0. The molecular formula is C12H20N4OS. The van der Waals surface area contributed by atoms with Gasteiger partial charge in [0.25, 0.3) is 0 Å². The van der Waals surface area contributed by atoms with Crippen LogP contribution in [0.2, 0.25) is 0 Å². The van der Waals surface area contributed by atoms with Gasteiger partial charge in [-0.15, -0.1) is 11.3 Å². The van der Waals surface area contributed by atoms with Crippen molar-refractivity contribution in [3.05, 3.63) is 16.1 Å². The molecule has 1 aliphatic rings. The molecule has 3 N–H and O–H groups in total. The highest BCUT2D eigenvalue weighted by Crippen LogP contribution is 2.15. The zero-order chi connectivity index (χ0) is 13.1. The van der Waals surface area contributed by atoms with Gasteiger partial charge in [0, 0.05) is 18.0 Å². The number of nitrogens with zero attached hydrogens (tertiary/aromatic N) is 2. The molecule has 1 amide bonds. The molecule has 2 heterocycles. The molecule has 6 heteroatoms. The summed E-state index contributed by atoms with van der Waals surface area (Å²) in [5, 5.41) is 5.94. The molecule has 1 aromatic rings. The summed E-state index contributed by atoms with van der Waals surface area (Å²) in [5.41, 5.74) is 6.94. The van der Waals surface area contributed by atoms with E-state index in [9.17, 15) is 4.79 Å². The number of thiazole rings is 1. The van der Waals surface area contributed by atoms with Gasteiger partial charge in [0.2, 0.25) is 5.91 Å². The van der Waals surface area contributed by atoms with Gasteiger partial charge in [0.15, 0.2) is 0 Å². The lowest BCUT2D eigenvalue weighted by molar-refractivity contribution is -0.125. The molecule has 0 saturated carbocycles. The number of aryl methyl sites for hydroxylation is 1. The van der Waals surface area contributed by atoms with Crippen LogP contribution in [0.5, 0.6) is 0 Å². The summed E-state index contributed by atoms with van der Waals surface area (Å²) in [6, 6.07) is 0.0166. The molecule has 0 aliphatic carbocycles. The number of aromatic nitrogens is 1. The van der Waals surface area contributed by atoms with Crippen molar-refractivity contribution >= 4 is 17.2 Å². The van der Waals surface area contributed by atoms with Crippen molar-refractivity contribution in [1.29, 1.82) is 0 Å². The van der Waals surface area contributed by atoms with Gasteiger partial charge < -0.3 is 11.1 Å². The number of carbonyl (C=O) groups excluding carboxylic acids is 1. The number of carbonyl (C=O) groups is 1. The maximum absolute atomic E-state index is 12.0. The SMILES string of the molecule is CCc1csc(CNC(=O)[C@@H]2C[C@H](N)CN2C)n1. The quantitative estimate of drug-likeness (QED) is 0.827. The molecule has 18 heavy (non-hydrogen) atoms. The molecule has 1 aliphatic heterocycles. The van der Waals surface area contributed by atoms with Crippen LogP contribution < -0.4 is 11.1 Å². The van der Waals surface area contributed by atoms with E-state index < -0.39 is 0 Å². The minimum absolute atomic E-state index is 0.0544. The average molecular weight is 268 g/mol. The summed E-state index contributed by atoms with van der Waals surface area (Å²) in [6.45, 7) is 3.38. The number of hydrogen-bond donors (Lipinski definition) is 2. The summed E-state index contributed by atoms with van der Waals surface area (Å²) in [6.07, 6.45) is 1.67. The highest BCUT2D eigenvalue weighted by molar-refractivity contribution is 7.09. The van der Waals surface area contributed by atoms with E-state index in [0.717, 1.165) is 30.1 Å². The van der Waals surface area contributed by atoms with Crippen LogP contribution in [-0.2, 0) is 17.8 Å². The first-order valence-corrected chi connectivity index (χ1v) is 7.15. The lowest BCUT2D eigenvalue weighted by Gasteiger charge is -2.17. The molecule has 0 unspecified atom stereocenters. The van der Waals surface area contributed by atoms with E-state index in [2.05, 4.69) is 17.2 Å². The highest BCUT2D eigenvalue weighted by Gasteiger charge is 2.32. The van der Waals surface area contributed by atoms with Crippen molar-refractivity contribution in [2.75, 3.05) is 13.6 Å². The Morgan fingerprint density at radius 2 is 2.50 bits per heavy atom. The first kappa shape index (κ1) is 13.5. The fourth-order valence-corrected chi connectivity index (χ4v) is 3.04. The maximum Gasteiger partial charge on any atom is 0.237 e. The van der Waals surface area contributed by atoms with Crippen LogP contribution in [0.15, 0.2) is 5.38 Å². The van der Waals surface area contributed by atoms with Gasteiger partial charge in [-0.2, -0.15) is 0 Å². The Morgan fingerprint density at radius 3 is 3.06 bits per heavy atom. The number of hydrogen-bond acceptors (Lipinski definition) is 5. The summed E-state index contributed by atoms with van der Waals surface area (Å²) in [4.78, 5) is 18.5. The zero-order valence-corrected chi connectivity index (χ0v) is 11.7. The number of nitrogens with one attached hydrogen (secondary N) is 1. The van der Waals surface area contributed by atoms with Crippen molar-refractivity contribution in [3.63, 3.8) is 0 Å². The van der Waals surface area contributed by atoms with Crippen LogP contribution in [0.25, 0.3) is 0 Å². The van der Waals surface area contributed by atoms with E-state index in [1.54, 1.807) is 11.3 Å². The lowest BCUT2D eigenvalue weighted by Crippen LogP contribution is -2.41. The molecule has 100 valence electrons. The highest BCUT2D eigenvalue weighted by atomic mass is 32.1. The molecule has 1 aromatic heterocycles. The van der Waals surface area contributed by atoms with Gasteiger partial charge in [0.1, 0.15) is 5.01 Å². The summed E-state index contributed by atoms with van der Waals surface area (Å²) in [5.74, 6) is 0.0544. The van der Waals surface area contributed by atoms with Crippen LogP contribution in [0.1, 0.15) is 24.0 Å². The second-order valence-electron chi connectivity index (χ2n) is 4.76. The summed E-state index contributed by atoms with van der Waals surface area (Å²) < 4.78 is 0. The minimum Gasteiger partial charge on any atom is -0.348 e. The van der Waals surface area contributed by atoms with Gasteiger partial charge in [-0.05, 0) is 19.9 Å². The van der Waals surface area contributed by atoms with E-state index >= 15 is 0 Å². The molecule has 0 radical (unpaired) electrons. The standard InChI is InChI=1S/C12H20N4OS/c1-3-9-7-18-11(15-9)5-14-12(17)10-4-8(13)6-16(10)2/h7-8,10H,3-6,13H2,1-2H3,(H,14,17)/t8-,10-/m0/s1. The van der Waals surface area contributed by atoms with E-state index in [0.29, 0.717) is 6.54 Å². The Labute approximate surface area is 111 Å². The molecule has 5 nitrogen and oxygen atoms in total. The second-order valence-corrected chi connectivity index (χ2v) is 5.70. The molecule has 0 spiro atoms. The minimum atomic E-state index is -0.0920. The number of likely N-dealkylation sites (tertiary alicyclic amines) is 1. The predicted octanol–water partition coefficient (Wildman–Crippen LogP) is 0.353. The number of likely N-dealkylation sites (N-methyl/N-ethyl adjacent to an activating group) is 1.